The first-order valence-corrected chi connectivity index (χ1v) is 6.13. The first-order valence-electron chi connectivity index (χ1n) is 5.37. The number of H-pyrrole nitrogens is 1. The molecule has 1 aromatic heterocycles. The Morgan fingerprint density at radius 1 is 1.29 bits per heavy atom. The van der Waals surface area contributed by atoms with Crippen molar-refractivity contribution in [3.05, 3.63) is 52.0 Å². The normalized spacial score (nSPS) is 10.7. The van der Waals surface area contributed by atoms with Gasteiger partial charge in [0.15, 0.2) is 0 Å². The first-order chi connectivity index (χ1) is 8.25. The molecule has 0 spiro atoms. The second-order valence-corrected chi connectivity index (χ2v) is 4.58. The van der Waals surface area contributed by atoms with E-state index in [-0.39, 0.29) is 0 Å². The zero-order valence-electron chi connectivity index (χ0n) is 9.21. The average Bonchev–Trinajstić information content (AvgIpc) is 2.82. The highest BCUT2D eigenvalue weighted by atomic mass is 35.5. The Bertz CT molecular complexity index is 469. The number of halogens is 2. The van der Waals surface area contributed by atoms with Crippen molar-refractivity contribution >= 4 is 23.2 Å². The summed E-state index contributed by atoms with van der Waals surface area (Å²) in [7, 11) is 0. The predicted molar refractivity (Wildman–Crippen MR) is 70.5 cm³/mol. The van der Waals surface area contributed by atoms with Crippen LogP contribution in [-0.2, 0) is 13.0 Å². The maximum Gasteiger partial charge on any atom is 0.0921 e. The molecular formula is C12H13Cl2N3. The Morgan fingerprint density at radius 3 is 2.94 bits per heavy atom. The van der Waals surface area contributed by atoms with Gasteiger partial charge in [0.25, 0.3) is 0 Å². The molecule has 0 aliphatic heterocycles. The van der Waals surface area contributed by atoms with Gasteiger partial charge in [0, 0.05) is 41.4 Å². The smallest absolute Gasteiger partial charge is 0.0921 e. The Kier molecular flexibility index (Phi) is 4.42. The highest BCUT2D eigenvalue weighted by Crippen LogP contribution is 2.20. The molecule has 0 aliphatic rings. The average molecular weight is 270 g/mol. The lowest BCUT2D eigenvalue weighted by molar-refractivity contribution is 0.681. The summed E-state index contributed by atoms with van der Waals surface area (Å²) in [6.07, 6.45) is 4.43. The van der Waals surface area contributed by atoms with E-state index >= 15 is 0 Å². The number of hydrogen-bond acceptors (Lipinski definition) is 2. The quantitative estimate of drug-likeness (QED) is 0.820. The maximum absolute atomic E-state index is 6.06. The zero-order chi connectivity index (χ0) is 12.1. The van der Waals surface area contributed by atoms with Gasteiger partial charge in [-0.05, 0) is 23.8 Å². The molecule has 2 rings (SSSR count). The van der Waals surface area contributed by atoms with Crippen molar-refractivity contribution in [3.8, 4) is 0 Å². The molecule has 0 aliphatic carbocycles. The highest BCUT2D eigenvalue weighted by Gasteiger charge is 2.01. The van der Waals surface area contributed by atoms with Gasteiger partial charge < -0.3 is 10.3 Å². The summed E-state index contributed by atoms with van der Waals surface area (Å²) in [6.45, 7) is 1.58. The number of aromatic amines is 1. The molecule has 1 aromatic carbocycles. The maximum atomic E-state index is 6.06. The van der Waals surface area contributed by atoms with Crippen LogP contribution in [-0.4, -0.2) is 16.5 Å². The molecule has 0 saturated heterocycles. The number of aromatic nitrogens is 2. The lowest BCUT2D eigenvalue weighted by atomic mass is 10.2. The molecule has 90 valence electrons. The van der Waals surface area contributed by atoms with E-state index in [0.29, 0.717) is 11.6 Å². The number of benzene rings is 1. The molecule has 1 heterocycles. The fourth-order valence-electron chi connectivity index (χ4n) is 1.55. The standard InChI is InChI=1S/C12H13Cl2N3/c13-10-1-2-12(14)9(5-10)6-15-4-3-11-7-16-8-17-11/h1-2,5,7-8,15H,3-4,6H2,(H,16,17). The first kappa shape index (κ1) is 12.4. The molecule has 0 amide bonds. The third kappa shape index (κ3) is 3.73. The third-order valence-electron chi connectivity index (χ3n) is 2.45. The molecule has 3 nitrogen and oxygen atoms in total. The summed E-state index contributed by atoms with van der Waals surface area (Å²) in [5.74, 6) is 0. The summed E-state index contributed by atoms with van der Waals surface area (Å²) in [6, 6.07) is 5.49. The summed E-state index contributed by atoms with van der Waals surface area (Å²) in [4.78, 5) is 7.02. The van der Waals surface area contributed by atoms with Gasteiger partial charge in [-0.25, -0.2) is 4.98 Å². The van der Waals surface area contributed by atoms with Crippen LogP contribution in [0.3, 0.4) is 0 Å². The molecule has 0 unspecified atom stereocenters. The number of rotatable bonds is 5. The van der Waals surface area contributed by atoms with Crippen LogP contribution in [0.5, 0.6) is 0 Å². The number of hydrogen-bond donors (Lipinski definition) is 2. The van der Waals surface area contributed by atoms with Gasteiger partial charge in [0.2, 0.25) is 0 Å². The van der Waals surface area contributed by atoms with Gasteiger partial charge in [-0.15, -0.1) is 0 Å². The summed E-state index contributed by atoms with van der Waals surface area (Å²) in [5, 5.41) is 4.76. The van der Waals surface area contributed by atoms with Gasteiger partial charge in [-0.2, -0.15) is 0 Å². The van der Waals surface area contributed by atoms with Crippen molar-refractivity contribution in [2.24, 2.45) is 0 Å². The Morgan fingerprint density at radius 2 is 2.18 bits per heavy atom. The SMILES string of the molecule is Clc1ccc(Cl)c(CNCCc2cnc[nH]2)c1. The van der Waals surface area contributed by atoms with Crippen molar-refractivity contribution in [1.29, 1.82) is 0 Å². The molecule has 0 atom stereocenters. The molecule has 0 bridgehead atoms. The molecule has 17 heavy (non-hydrogen) atoms. The van der Waals surface area contributed by atoms with Gasteiger partial charge in [-0.3, -0.25) is 0 Å². The van der Waals surface area contributed by atoms with E-state index in [2.05, 4.69) is 15.3 Å². The van der Waals surface area contributed by atoms with Crippen molar-refractivity contribution < 1.29 is 0 Å². The second kappa shape index (κ2) is 6.05. The number of imidazole rings is 1. The van der Waals surface area contributed by atoms with Gasteiger partial charge in [0.05, 0.1) is 6.33 Å². The van der Waals surface area contributed by atoms with E-state index < -0.39 is 0 Å². The van der Waals surface area contributed by atoms with E-state index in [1.165, 1.54) is 0 Å². The molecule has 0 radical (unpaired) electrons. The topological polar surface area (TPSA) is 40.7 Å². The molecule has 2 aromatic rings. The minimum atomic E-state index is 0.708. The minimum absolute atomic E-state index is 0.708. The van der Waals surface area contributed by atoms with Crippen LogP contribution < -0.4 is 5.32 Å². The van der Waals surface area contributed by atoms with Gasteiger partial charge >= 0.3 is 0 Å². The predicted octanol–water partition coefficient (Wildman–Crippen LogP) is 3.05. The largest absolute Gasteiger partial charge is 0.348 e. The van der Waals surface area contributed by atoms with Crippen LogP contribution in [0.25, 0.3) is 0 Å². The lowest BCUT2D eigenvalue weighted by Gasteiger charge is -2.06. The zero-order valence-corrected chi connectivity index (χ0v) is 10.7. The number of nitrogens with zero attached hydrogens (tertiary/aromatic N) is 1. The Hall–Kier alpha value is -1.03. The van der Waals surface area contributed by atoms with E-state index in [9.17, 15) is 0 Å². The minimum Gasteiger partial charge on any atom is -0.348 e. The molecule has 0 fully saturated rings. The van der Waals surface area contributed by atoms with Crippen LogP contribution in [0.2, 0.25) is 10.0 Å². The van der Waals surface area contributed by atoms with E-state index in [0.717, 1.165) is 29.2 Å². The van der Waals surface area contributed by atoms with Gasteiger partial charge in [-0.1, -0.05) is 23.2 Å². The van der Waals surface area contributed by atoms with E-state index in [1.807, 2.05) is 18.3 Å². The van der Waals surface area contributed by atoms with Crippen LogP contribution in [0.4, 0.5) is 0 Å². The van der Waals surface area contributed by atoms with E-state index in [1.54, 1.807) is 12.4 Å². The van der Waals surface area contributed by atoms with Crippen LogP contribution >= 0.6 is 23.2 Å². The fraction of sp³-hybridized carbons (Fsp3) is 0.250. The van der Waals surface area contributed by atoms with Gasteiger partial charge in [0.1, 0.15) is 0 Å². The lowest BCUT2D eigenvalue weighted by Crippen LogP contribution is -2.17. The van der Waals surface area contributed by atoms with Crippen LogP contribution in [0.1, 0.15) is 11.3 Å². The summed E-state index contributed by atoms with van der Waals surface area (Å²) in [5.41, 5.74) is 2.14. The van der Waals surface area contributed by atoms with Crippen molar-refractivity contribution in [2.75, 3.05) is 6.54 Å². The van der Waals surface area contributed by atoms with Crippen molar-refractivity contribution in [2.45, 2.75) is 13.0 Å². The molecular weight excluding hydrogens is 257 g/mol. The van der Waals surface area contributed by atoms with Crippen LogP contribution in [0, 0.1) is 0 Å². The highest BCUT2D eigenvalue weighted by molar-refractivity contribution is 6.33. The van der Waals surface area contributed by atoms with Crippen LogP contribution in [0.15, 0.2) is 30.7 Å². The summed E-state index contributed by atoms with van der Waals surface area (Å²) < 4.78 is 0. The third-order valence-corrected chi connectivity index (χ3v) is 3.05. The Labute approximate surface area is 110 Å². The fourth-order valence-corrected chi connectivity index (χ4v) is 1.93. The monoisotopic (exact) mass is 269 g/mol. The summed E-state index contributed by atoms with van der Waals surface area (Å²) >= 11 is 12.0. The molecule has 0 saturated carbocycles. The second-order valence-electron chi connectivity index (χ2n) is 3.74. The molecule has 5 heteroatoms. The number of nitrogens with one attached hydrogen (secondary N) is 2. The van der Waals surface area contributed by atoms with Crippen molar-refractivity contribution in [3.63, 3.8) is 0 Å². The Balaban J connectivity index is 1.80. The molecule has 2 N–H and O–H groups in total. The van der Waals surface area contributed by atoms with Crippen molar-refractivity contribution in [1.82, 2.24) is 15.3 Å². The van der Waals surface area contributed by atoms with E-state index in [4.69, 9.17) is 23.2 Å².